The van der Waals surface area contributed by atoms with Gasteiger partial charge in [-0.15, -0.1) is 0 Å². The number of anilines is 2. The normalized spacial score (nSPS) is 10.2. The van der Waals surface area contributed by atoms with E-state index in [0.717, 1.165) is 11.4 Å². The van der Waals surface area contributed by atoms with Crippen LogP contribution in [0.25, 0.3) is 0 Å². The van der Waals surface area contributed by atoms with Crippen LogP contribution in [-0.4, -0.2) is 31.6 Å². The van der Waals surface area contributed by atoms with Gasteiger partial charge in [0.25, 0.3) is 0 Å². The van der Waals surface area contributed by atoms with Gasteiger partial charge in [-0.2, -0.15) is 0 Å². The minimum atomic E-state index is -0.414. The van der Waals surface area contributed by atoms with Gasteiger partial charge < -0.3 is 20.1 Å². The molecule has 2 rings (SSSR count). The second kappa shape index (κ2) is 8.73. The van der Waals surface area contributed by atoms with E-state index in [4.69, 9.17) is 4.74 Å². The van der Waals surface area contributed by atoms with Gasteiger partial charge in [-0.1, -0.05) is 6.07 Å². The van der Waals surface area contributed by atoms with E-state index in [0.29, 0.717) is 11.3 Å². The predicted octanol–water partition coefficient (Wildman–Crippen LogP) is 3.31. The van der Waals surface area contributed by atoms with Crippen molar-refractivity contribution in [1.82, 2.24) is 0 Å². The van der Waals surface area contributed by atoms with Gasteiger partial charge in [-0.3, -0.25) is 4.79 Å². The third kappa shape index (κ3) is 5.84. The van der Waals surface area contributed by atoms with Crippen molar-refractivity contribution in [2.24, 2.45) is 0 Å². The number of carbonyl (C=O) groups is 2. The number of amides is 1. The highest BCUT2D eigenvalue weighted by molar-refractivity contribution is 5.95. The van der Waals surface area contributed by atoms with Crippen LogP contribution in [0.1, 0.15) is 24.2 Å². The first-order valence-electron chi connectivity index (χ1n) is 7.96. The quantitative estimate of drug-likeness (QED) is 0.755. The van der Waals surface area contributed by atoms with E-state index in [1.54, 1.807) is 24.3 Å². The molecule has 0 fully saturated rings. The number of benzene rings is 2. The zero-order valence-electron chi connectivity index (χ0n) is 14.5. The van der Waals surface area contributed by atoms with Gasteiger partial charge in [-0.05, 0) is 50.2 Å². The zero-order chi connectivity index (χ0) is 18.2. The molecule has 25 heavy (non-hydrogen) atoms. The Morgan fingerprint density at radius 3 is 2.40 bits per heavy atom. The summed E-state index contributed by atoms with van der Waals surface area (Å²) in [4.78, 5) is 23.4. The molecule has 2 N–H and O–H groups in total. The van der Waals surface area contributed by atoms with Crippen LogP contribution in [0.4, 0.5) is 11.4 Å². The molecule has 6 nitrogen and oxygen atoms in total. The molecule has 0 saturated heterocycles. The van der Waals surface area contributed by atoms with E-state index in [1.165, 1.54) is 7.11 Å². The molecule has 0 saturated carbocycles. The molecule has 0 radical (unpaired) electrons. The molecule has 0 aliphatic rings. The highest BCUT2D eigenvalue weighted by Gasteiger charge is 2.07. The van der Waals surface area contributed by atoms with Crippen molar-refractivity contribution in [2.45, 2.75) is 20.0 Å². The number of hydrogen-bond donors (Lipinski definition) is 2. The zero-order valence-corrected chi connectivity index (χ0v) is 14.5. The second-order valence-corrected chi connectivity index (χ2v) is 5.67. The fourth-order valence-electron chi connectivity index (χ4n) is 2.15. The maximum absolute atomic E-state index is 12.0. The average Bonchev–Trinajstić information content (AvgIpc) is 2.60. The molecule has 0 unspecified atom stereocenters. The number of methoxy groups -OCH3 is 1. The Balaban J connectivity index is 1.87. The highest BCUT2D eigenvalue weighted by Crippen LogP contribution is 2.18. The van der Waals surface area contributed by atoms with Crippen molar-refractivity contribution in [2.75, 3.05) is 24.3 Å². The maximum Gasteiger partial charge on any atom is 0.337 e. The van der Waals surface area contributed by atoms with Crippen LogP contribution in [0, 0.1) is 0 Å². The summed E-state index contributed by atoms with van der Waals surface area (Å²) in [5.74, 6) is 0.142. The number of ether oxygens (including phenoxy) is 2. The number of carbonyl (C=O) groups excluding carboxylic acids is 2. The van der Waals surface area contributed by atoms with E-state index in [-0.39, 0.29) is 18.6 Å². The van der Waals surface area contributed by atoms with Crippen molar-refractivity contribution in [3.8, 4) is 5.75 Å². The maximum atomic E-state index is 12.0. The molecule has 0 aliphatic carbocycles. The summed E-state index contributed by atoms with van der Waals surface area (Å²) in [6, 6.07) is 14.0. The van der Waals surface area contributed by atoms with Crippen LogP contribution in [0.15, 0.2) is 48.5 Å². The summed E-state index contributed by atoms with van der Waals surface area (Å²) in [5.41, 5.74) is 1.84. The number of nitrogens with one attached hydrogen (secondary N) is 2. The fourth-order valence-corrected chi connectivity index (χ4v) is 2.15. The predicted molar refractivity (Wildman–Crippen MR) is 97.1 cm³/mol. The lowest BCUT2D eigenvalue weighted by Gasteiger charge is -2.12. The summed E-state index contributed by atoms with van der Waals surface area (Å²) in [6.45, 7) is 4.03. The van der Waals surface area contributed by atoms with Crippen LogP contribution in [0.3, 0.4) is 0 Å². The second-order valence-electron chi connectivity index (χ2n) is 5.67. The Morgan fingerprint density at radius 1 is 1.04 bits per heavy atom. The molecule has 0 atom stereocenters. The van der Waals surface area contributed by atoms with Crippen LogP contribution in [0.2, 0.25) is 0 Å². The first-order chi connectivity index (χ1) is 12.0. The summed E-state index contributed by atoms with van der Waals surface area (Å²) >= 11 is 0. The number of hydrogen-bond acceptors (Lipinski definition) is 5. The molecule has 132 valence electrons. The molecule has 2 aromatic rings. The Hall–Kier alpha value is -3.02. The molecular weight excluding hydrogens is 320 g/mol. The third-order valence-electron chi connectivity index (χ3n) is 3.25. The standard InChI is InChI=1S/C19H22N2O4/c1-13(2)25-17-6-4-5-16(11-17)20-12-18(22)21-15-9-7-14(8-10-15)19(23)24-3/h4-11,13,20H,12H2,1-3H3,(H,21,22). The van der Waals surface area contributed by atoms with Crippen molar-refractivity contribution >= 4 is 23.3 Å². The SMILES string of the molecule is COC(=O)c1ccc(NC(=O)CNc2cccc(OC(C)C)c2)cc1. The molecule has 0 heterocycles. The lowest BCUT2D eigenvalue weighted by Crippen LogP contribution is -2.21. The summed E-state index contributed by atoms with van der Waals surface area (Å²) < 4.78 is 10.3. The summed E-state index contributed by atoms with van der Waals surface area (Å²) in [7, 11) is 1.32. The molecule has 1 amide bonds. The average molecular weight is 342 g/mol. The van der Waals surface area contributed by atoms with Crippen LogP contribution in [0.5, 0.6) is 5.75 Å². The van der Waals surface area contributed by atoms with Crippen LogP contribution < -0.4 is 15.4 Å². The molecule has 0 spiro atoms. The smallest absolute Gasteiger partial charge is 0.337 e. The topological polar surface area (TPSA) is 76.7 Å². The molecule has 2 aromatic carbocycles. The van der Waals surface area contributed by atoms with Gasteiger partial charge >= 0.3 is 5.97 Å². The van der Waals surface area contributed by atoms with Gasteiger partial charge in [-0.25, -0.2) is 4.79 Å². The highest BCUT2D eigenvalue weighted by atomic mass is 16.5. The summed E-state index contributed by atoms with van der Waals surface area (Å²) in [6.07, 6.45) is 0.0894. The van der Waals surface area contributed by atoms with Crippen molar-refractivity contribution < 1.29 is 19.1 Å². The molecule has 0 aliphatic heterocycles. The van der Waals surface area contributed by atoms with Crippen LogP contribution in [-0.2, 0) is 9.53 Å². The van der Waals surface area contributed by atoms with E-state index in [1.807, 2.05) is 38.1 Å². The largest absolute Gasteiger partial charge is 0.491 e. The minimum absolute atomic E-state index is 0.0894. The van der Waals surface area contributed by atoms with Gasteiger partial charge in [0.2, 0.25) is 5.91 Å². The molecule has 6 heteroatoms. The Morgan fingerprint density at radius 2 is 1.76 bits per heavy atom. The van der Waals surface area contributed by atoms with Gasteiger partial charge in [0.15, 0.2) is 0 Å². The monoisotopic (exact) mass is 342 g/mol. The Bertz CT molecular complexity index is 726. The van der Waals surface area contributed by atoms with Crippen molar-refractivity contribution in [1.29, 1.82) is 0 Å². The van der Waals surface area contributed by atoms with Crippen LogP contribution >= 0.6 is 0 Å². The fraction of sp³-hybridized carbons (Fsp3) is 0.263. The third-order valence-corrected chi connectivity index (χ3v) is 3.25. The lowest BCUT2D eigenvalue weighted by atomic mass is 10.2. The van der Waals surface area contributed by atoms with Gasteiger partial charge in [0.1, 0.15) is 5.75 Å². The Labute approximate surface area is 147 Å². The van der Waals surface area contributed by atoms with Gasteiger partial charge in [0, 0.05) is 17.4 Å². The van der Waals surface area contributed by atoms with E-state index in [2.05, 4.69) is 15.4 Å². The number of esters is 1. The van der Waals surface area contributed by atoms with E-state index >= 15 is 0 Å². The minimum Gasteiger partial charge on any atom is -0.491 e. The first-order valence-corrected chi connectivity index (χ1v) is 7.96. The molecule has 0 aromatic heterocycles. The lowest BCUT2D eigenvalue weighted by molar-refractivity contribution is -0.114. The first kappa shape index (κ1) is 18.3. The van der Waals surface area contributed by atoms with Gasteiger partial charge in [0.05, 0.1) is 25.3 Å². The van der Waals surface area contributed by atoms with E-state index < -0.39 is 5.97 Å². The number of rotatable bonds is 7. The van der Waals surface area contributed by atoms with E-state index in [9.17, 15) is 9.59 Å². The summed E-state index contributed by atoms with van der Waals surface area (Å²) in [5, 5.41) is 5.81. The van der Waals surface area contributed by atoms with Crippen molar-refractivity contribution in [3.05, 3.63) is 54.1 Å². The molecular formula is C19H22N2O4. The Kier molecular flexibility index (Phi) is 6.39. The molecule has 0 bridgehead atoms. The van der Waals surface area contributed by atoms with Crippen molar-refractivity contribution in [3.63, 3.8) is 0 Å².